The number of furan rings is 1. The summed E-state index contributed by atoms with van der Waals surface area (Å²) in [6.07, 6.45) is 7.65. The Bertz CT molecular complexity index is 3840. The minimum atomic E-state index is -0.233. The van der Waals surface area contributed by atoms with Crippen molar-refractivity contribution in [1.82, 2.24) is 0 Å². The molecule has 5 aliphatic carbocycles. The van der Waals surface area contributed by atoms with Gasteiger partial charge < -0.3 is 14.2 Å². The Morgan fingerprint density at radius 3 is 1.91 bits per heavy atom. The van der Waals surface area contributed by atoms with Crippen molar-refractivity contribution in [1.29, 1.82) is 10.5 Å². The predicted octanol–water partition coefficient (Wildman–Crippen LogP) is 17.4. The van der Waals surface area contributed by atoms with E-state index in [0.717, 1.165) is 62.4 Å². The van der Waals surface area contributed by atoms with Crippen LogP contribution in [0.15, 0.2) is 162 Å². The van der Waals surface area contributed by atoms with E-state index in [1.807, 2.05) is 47.7 Å². The summed E-state index contributed by atoms with van der Waals surface area (Å²) in [6.45, 7) is 4.37. The highest BCUT2D eigenvalue weighted by Gasteiger charge is 2.61. The molecule has 5 unspecified atom stereocenters. The van der Waals surface area contributed by atoms with E-state index in [0.29, 0.717) is 23.0 Å². The summed E-state index contributed by atoms with van der Waals surface area (Å²) in [4.78, 5) is 4.78. The van der Waals surface area contributed by atoms with Crippen LogP contribution in [0.4, 0.5) is 34.1 Å². The average molecular weight is 909 g/mol. The summed E-state index contributed by atoms with van der Waals surface area (Å²) in [5, 5.41) is 24.5. The van der Waals surface area contributed by atoms with Crippen LogP contribution >= 0.6 is 11.3 Å². The van der Waals surface area contributed by atoms with E-state index < -0.39 is 0 Å². The fourth-order valence-corrected chi connectivity index (χ4v) is 15.4. The molecule has 0 amide bonds. The van der Waals surface area contributed by atoms with Crippen molar-refractivity contribution in [3.05, 3.63) is 191 Å². The zero-order valence-corrected chi connectivity index (χ0v) is 39.5. The standard InChI is InChI=1S/C63H48N4OS/c1-37-9-3-6-12-53(37)66(45-21-16-39(35-64)17-22-45)47-25-26-48-49-27-28-51-58-52(63(60(51)61(49)68-56(48)33-47)43-20-15-41-29-42(31-43)32-44(63)30-41)34-55(59-50-11-5-8-14-57(50)69-62(58)59)67(54-13-7-4-10-38(54)2)46-23-18-40(36-65)19-24-46/h3-14,16-19,21-28,33-34,41-44H,15,20,29-32H2,1-2H3. The van der Waals surface area contributed by atoms with Gasteiger partial charge in [-0.3, -0.25) is 0 Å². The van der Waals surface area contributed by atoms with Gasteiger partial charge in [0.25, 0.3) is 0 Å². The molecule has 0 saturated heterocycles. The molecule has 332 valence electrons. The zero-order chi connectivity index (χ0) is 46.1. The summed E-state index contributed by atoms with van der Waals surface area (Å²) < 4.78 is 10.2. The SMILES string of the molecule is Cc1ccccc1N(c1ccc(C#N)cc1)c1ccc2c(c1)oc1c3c(ccc12)-c1c(cc(N(c2ccc(C#N)cc2)c2ccccc2C)c2c1sc1ccccc12)C31C2CCC3CC(C2)CC1C3. The molecule has 5 aliphatic rings. The average Bonchev–Trinajstić information content (AvgIpc) is 3.99. The van der Waals surface area contributed by atoms with E-state index in [2.05, 4.69) is 157 Å². The molecule has 6 heteroatoms. The first kappa shape index (κ1) is 40.4. The molecule has 0 radical (unpaired) electrons. The molecule has 0 aliphatic heterocycles. The fourth-order valence-electron chi connectivity index (χ4n) is 14.1. The highest BCUT2D eigenvalue weighted by atomic mass is 32.1. The molecule has 10 aromatic rings. The maximum atomic E-state index is 9.93. The summed E-state index contributed by atoms with van der Waals surface area (Å²) in [5.41, 5.74) is 17.5. The van der Waals surface area contributed by atoms with Crippen LogP contribution in [0.3, 0.4) is 0 Å². The fraction of sp³-hybridized carbons (Fsp3) is 0.206. The van der Waals surface area contributed by atoms with E-state index in [9.17, 15) is 10.5 Å². The third-order valence-corrected chi connectivity index (χ3v) is 18.0. The molecular formula is C63H48N4OS. The summed E-state index contributed by atoms with van der Waals surface area (Å²) in [7, 11) is 0. The highest BCUT2D eigenvalue weighted by Crippen LogP contribution is 2.71. The minimum absolute atomic E-state index is 0.233. The maximum Gasteiger partial charge on any atom is 0.140 e. The van der Waals surface area contributed by atoms with Crippen LogP contribution in [0.2, 0.25) is 0 Å². The largest absolute Gasteiger partial charge is 0.456 e. The van der Waals surface area contributed by atoms with Gasteiger partial charge in [-0.25, -0.2) is 0 Å². The van der Waals surface area contributed by atoms with Crippen LogP contribution in [0.1, 0.15) is 71.9 Å². The van der Waals surface area contributed by atoms with Crippen molar-refractivity contribution in [2.45, 2.75) is 57.8 Å². The number of para-hydroxylation sites is 2. The number of nitrogens with zero attached hydrogens (tertiary/aromatic N) is 4. The third kappa shape index (κ3) is 5.79. The number of fused-ring (bicyclic) bond motifs is 12. The number of rotatable bonds is 6. The summed E-state index contributed by atoms with van der Waals surface area (Å²) in [5.74, 6) is 2.50. The van der Waals surface area contributed by atoms with Gasteiger partial charge in [-0.2, -0.15) is 10.5 Å². The first-order chi connectivity index (χ1) is 33.9. The van der Waals surface area contributed by atoms with E-state index in [1.165, 1.54) is 97.6 Å². The molecule has 4 bridgehead atoms. The van der Waals surface area contributed by atoms with Gasteiger partial charge in [0, 0.05) is 82.0 Å². The lowest BCUT2D eigenvalue weighted by Crippen LogP contribution is -2.48. The Balaban J connectivity index is 1.06. The number of hydrogen-bond acceptors (Lipinski definition) is 6. The molecule has 5 nitrogen and oxygen atoms in total. The van der Waals surface area contributed by atoms with Crippen molar-refractivity contribution in [2.75, 3.05) is 9.80 Å². The second kappa shape index (κ2) is 15.2. The van der Waals surface area contributed by atoms with Crippen molar-refractivity contribution in [2.24, 2.45) is 23.7 Å². The van der Waals surface area contributed by atoms with Gasteiger partial charge in [-0.1, -0.05) is 67.1 Å². The number of hydrogen-bond donors (Lipinski definition) is 0. The molecule has 15 rings (SSSR count). The molecule has 2 heterocycles. The lowest BCUT2D eigenvalue weighted by atomic mass is 9.50. The number of nitriles is 2. The summed E-state index contributed by atoms with van der Waals surface area (Å²) >= 11 is 1.94. The Hall–Kier alpha value is -7.64. The Kier molecular flexibility index (Phi) is 8.90. The van der Waals surface area contributed by atoms with Crippen LogP contribution in [0.5, 0.6) is 0 Å². The molecule has 4 saturated carbocycles. The van der Waals surface area contributed by atoms with E-state index >= 15 is 0 Å². The number of aryl methyl sites for hydroxylation is 2. The number of benzene rings is 8. The molecule has 5 atom stereocenters. The Labute approximate surface area is 406 Å². The molecule has 2 aromatic heterocycles. The van der Waals surface area contributed by atoms with E-state index in [-0.39, 0.29) is 5.41 Å². The van der Waals surface area contributed by atoms with Crippen LogP contribution in [-0.2, 0) is 5.41 Å². The minimum Gasteiger partial charge on any atom is -0.456 e. The maximum absolute atomic E-state index is 9.93. The van der Waals surface area contributed by atoms with Gasteiger partial charge in [0.2, 0.25) is 0 Å². The van der Waals surface area contributed by atoms with Crippen molar-refractivity contribution >= 4 is 87.6 Å². The number of thiophene rings is 1. The Morgan fingerprint density at radius 2 is 1.19 bits per heavy atom. The molecule has 0 N–H and O–H groups in total. The Morgan fingerprint density at radius 1 is 0.565 bits per heavy atom. The van der Waals surface area contributed by atoms with Crippen LogP contribution in [0, 0.1) is 60.2 Å². The first-order valence-corrected chi connectivity index (χ1v) is 25.4. The zero-order valence-electron chi connectivity index (χ0n) is 38.7. The van der Waals surface area contributed by atoms with Gasteiger partial charge in [-0.15, -0.1) is 11.3 Å². The highest BCUT2D eigenvalue weighted by molar-refractivity contribution is 7.26. The van der Waals surface area contributed by atoms with Crippen LogP contribution < -0.4 is 9.80 Å². The van der Waals surface area contributed by atoms with Gasteiger partial charge >= 0.3 is 0 Å². The molecule has 8 aromatic carbocycles. The monoisotopic (exact) mass is 908 g/mol. The second-order valence-corrected chi connectivity index (χ2v) is 21.4. The third-order valence-electron chi connectivity index (χ3n) is 16.8. The molecule has 4 fully saturated rings. The lowest BCUT2D eigenvalue weighted by molar-refractivity contribution is 0.0621. The molecule has 69 heavy (non-hydrogen) atoms. The number of anilines is 6. The van der Waals surface area contributed by atoms with Gasteiger partial charge in [0.1, 0.15) is 11.2 Å². The molecule has 1 spiro atoms. The van der Waals surface area contributed by atoms with Gasteiger partial charge in [0.15, 0.2) is 0 Å². The predicted molar refractivity (Wildman–Crippen MR) is 283 cm³/mol. The van der Waals surface area contributed by atoms with Crippen LogP contribution in [-0.4, -0.2) is 0 Å². The van der Waals surface area contributed by atoms with Crippen molar-refractivity contribution in [3.8, 4) is 23.3 Å². The normalized spacial score (nSPS) is 20.9. The second-order valence-electron chi connectivity index (χ2n) is 20.3. The smallest absolute Gasteiger partial charge is 0.140 e. The summed E-state index contributed by atoms with van der Waals surface area (Å²) in [6, 6.07) is 61.2. The topological polar surface area (TPSA) is 67.2 Å². The van der Waals surface area contributed by atoms with Crippen molar-refractivity contribution < 1.29 is 4.42 Å². The van der Waals surface area contributed by atoms with E-state index in [1.54, 1.807) is 0 Å². The van der Waals surface area contributed by atoms with E-state index in [4.69, 9.17) is 4.42 Å². The first-order valence-electron chi connectivity index (χ1n) is 24.6. The van der Waals surface area contributed by atoms with Crippen LogP contribution in [0.25, 0.3) is 53.2 Å². The lowest BCUT2D eigenvalue weighted by Gasteiger charge is -2.53. The molecular weight excluding hydrogens is 861 g/mol. The van der Waals surface area contributed by atoms with Crippen molar-refractivity contribution in [3.63, 3.8) is 0 Å². The quantitative estimate of drug-likeness (QED) is 0.166. The van der Waals surface area contributed by atoms with Gasteiger partial charge in [-0.05, 0) is 183 Å². The van der Waals surface area contributed by atoms with Gasteiger partial charge in [0.05, 0.1) is 29.0 Å².